The van der Waals surface area contributed by atoms with E-state index in [-0.39, 0.29) is 11.5 Å². The third-order valence-corrected chi connectivity index (χ3v) is 3.77. The Morgan fingerprint density at radius 1 is 0.900 bits per heavy atom. The zero-order chi connectivity index (χ0) is 14.8. The van der Waals surface area contributed by atoms with Crippen molar-refractivity contribution in [2.45, 2.75) is 18.4 Å². The number of aliphatic hydroxyl groups excluding tert-OH is 2. The Kier molecular flexibility index (Phi) is 3.97. The summed E-state index contributed by atoms with van der Waals surface area (Å²) >= 11 is 0. The van der Waals surface area contributed by atoms with Crippen LogP contribution in [0.3, 0.4) is 0 Å². The summed E-state index contributed by atoms with van der Waals surface area (Å²) in [4.78, 5) is 0. The molecule has 0 aromatic heterocycles. The molecule has 2 aromatic carbocycles. The van der Waals surface area contributed by atoms with Gasteiger partial charge in [-0.3, -0.25) is 0 Å². The number of aromatic hydroxyl groups is 2. The highest BCUT2D eigenvalue weighted by atomic mass is 16.3. The molecule has 0 saturated carbocycles. The van der Waals surface area contributed by atoms with Crippen LogP contribution in [0.15, 0.2) is 48.5 Å². The topological polar surface area (TPSA) is 80.9 Å². The van der Waals surface area contributed by atoms with E-state index >= 15 is 0 Å². The van der Waals surface area contributed by atoms with E-state index in [1.807, 2.05) is 0 Å². The predicted octanol–water partition coefficient (Wildman–Crippen LogP) is 1.76. The maximum Gasteiger partial charge on any atom is 0.119 e. The number of phenols is 2. The van der Waals surface area contributed by atoms with Crippen LogP contribution in [0.1, 0.15) is 18.1 Å². The summed E-state index contributed by atoms with van der Waals surface area (Å²) in [5.41, 5.74) is -0.225. The lowest BCUT2D eigenvalue weighted by atomic mass is 9.71. The summed E-state index contributed by atoms with van der Waals surface area (Å²) in [6, 6.07) is 13.2. The summed E-state index contributed by atoms with van der Waals surface area (Å²) in [5.74, 6) is 0.0107. The number of aliphatic hydroxyl groups is 2. The molecule has 0 aliphatic rings. The second-order valence-electron chi connectivity index (χ2n) is 4.94. The van der Waals surface area contributed by atoms with Gasteiger partial charge in [0.15, 0.2) is 0 Å². The van der Waals surface area contributed by atoms with E-state index in [2.05, 4.69) is 0 Å². The monoisotopic (exact) mass is 274 g/mol. The van der Waals surface area contributed by atoms with Crippen LogP contribution in [0.4, 0.5) is 0 Å². The third kappa shape index (κ3) is 2.24. The van der Waals surface area contributed by atoms with E-state index < -0.39 is 18.1 Å². The fraction of sp³-hybridized carbons (Fsp3) is 0.250. The van der Waals surface area contributed by atoms with Gasteiger partial charge in [-0.2, -0.15) is 0 Å². The van der Waals surface area contributed by atoms with Crippen molar-refractivity contribution in [1.82, 2.24) is 0 Å². The van der Waals surface area contributed by atoms with Crippen LogP contribution in [-0.4, -0.2) is 33.1 Å². The maximum absolute atomic E-state index is 10.3. The Balaban J connectivity index is 2.70. The molecule has 4 nitrogen and oxygen atoms in total. The van der Waals surface area contributed by atoms with Crippen LogP contribution in [0.25, 0.3) is 0 Å². The Bertz CT molecular complexity index is 549. The van der Waals surface area contributed by atoms with Crippen molar-refractivity contribution in [1.29, 1.82) is 0 Å². The zero-order valence-corrected chi connectivity index (χ0v) is 11.2. The first kappa shape index (κ1) is 14.4. The van der Waals surface area contributed by atoms with Gasteiger partial charge < -0.3 is 20.4 Å². The van der Waals surface area contributed by atoms with Crippen molar-refractivity contribution >= 4 is 0 Å². The van der Waals surface area contributed by atoms with Crippen LogP contribution in [-0.2, 0) is 5.41 Å². The molecule has 1 unspecified atom stereocenters. The molecule has 4 N–H and O–H groups in total. The minimum atomic E-state index is -1.16. The highest BCUT2D eigenvalue weighted by molar-refractivity contribution is 5.51. The van der Waals surface area contributed by atoms with Gasteiger partial charge in [0.2, 0.25) is 0 Å². The van der Waals surface area contributed by atoms with E-state index in [0.29, 0.717) is 11.1 Å². The van der Waals surface area contributed by atoms with Crippen LogP contribution in [0, 0.1) is 0 Å². The van der Waals surface area contributed by atoms with E-state index in [1.165, 1.54) is 12.1 Å². The van der Waals surface area contributed by atoms with Gasteiger partial charge in [0.05, 0.1) is 18.1 Å². The Morgan fingerprint density at radius 2 is 1.30 bits per heavy atom. The van der Waals surface area contributed by atoms with Gasteiger partial charge >= 0.3 is 0 Å². The van der Waals surface area contributed by atoms with Crippen molar-refractivity contribution in [3.63, 3.8) is 0 Å². The molecule has 2 aromatic rings. The molecule has 0 spiro atoms. The SMILES string of the molecule is CC(c1ccccc1O)(c1ccccc1O)C(O)CO. The average molecular weight is 274 g/mol. The van der Waals surface area contributed by atoms with Crippen molar-refractivity contribution in [2.75, 3.05) is 6.61 Å². The number of hydrogen-bond acceptors (Lipinski definition) is 4. The molecule has 0 amide bonds. The first-order chi connectivity index (χ1) is 9.51. The summed E-state index contributed by atoms with van der Waals surface area (Å²) in [6.07, 6.45) is -1.16. The van der Waals surface area contributed by atoms with E-state index in [9.17, 15) is 20.4 Å². The molecule has 4 heteroatoms. The highest BCUT2D eigenvalue weighted by Crippen LogP contribution is 2.43. The lowest BCUT2D eigenvalue weighted by Crippen LogP contribution is -2.40. The molecule has 2 rings (SSSR count). The Morgan fingerprint density at radius 3 is 1.65 bits per heavy atom. The highest BCUT2D eigenvalue weighted by Gasteiger charge is 2.40. The summed E-state index contributed by atoms with van der Waals surface area (Å²) in [6.45, 7) is 1.19. The number of rotatable bonds is 4. The molecule has 20 heavy (non-hydrogen) atoms. The smallest absolute Gasteiger partial charge is 0.119 e. The number of phenolic OH excluding ortho intramolecular Hbond substituents is 2. The molecule has 1 atom stereocenters. The quantitative estimate of drug-likeness (QED) is 0.685. The average Bonchev–Trinajstić information content (AvgIpc) is 2.46. The van der Waals surface area contributed by atoms with Crippen molar-refractivity contribution in [3.8, 4) is 11.5 Å². The molecule has 106 valence electrons. The second-order valence-corrected chi connectivity index (χ2v) is 4.94. The first-order valence-electron chi connectivity index (χ1n) is 6.37. The van der Waals surface area contributed by atoms with Gasteiger partial charge in [-0.05, 0) is 19.1 Å². The number of para-hydroxylation sites is 2. The molecule has 0 radical (unpaired) electrons. The fourth-order valence-corrected chi connectivity index (χ4v) is 2.51. The van der Waals surface area contributed by atoms with Crippen molar-refractivity contribution in [2.24, 2.45) is 0 Å². The van der Waals surface area contributed by atoms with Crippen LogP contribution in [0.5, 0.6) is 11.5 Å². The maximum atomic E-state index is 10.3. The van der Waals surface area contributed by atoms with Gasteiger partial charge in [0.25, 0.3) is 0 Å². The predicted molar refractivity (Wildman–Crippen MR) is 75.8 cm³/mol. The largest absolute Gasteiger partial charge is 0.508 e. The van der Waals surface area contributed by atoms with E-state index in [0.717, 1.165) is 0 Å². The van der Waals surface area contributed by atoms with Gasteiger partial charge in [-0.25, -0.2) is 0 Å². The minimum absolute atomic E-state index is 0.00533. The molecule has 0 aliphatic carbocycles. The third-order valence-electron chi connectivity index (χ3n) is 3.77. The molecule has 0 aliphatic heterocycles. The lowest BCUT2D eigenvalue weighted by Gasteiger charge is -2.35. The molecule has 0 bridgehead atoms. The zero-order valence-electron chi connectivity index (χ0n) is 11.2. The van der Waals surface area contributed by atoms with Crippen LogP contribution in [0.2, 0.25) is 0 Å². The normalized spacial score (nSPS) is 13.2. The Hall–Kier alpha value is -2.04. The molecular weight excluding hydrogens is 256 g/mol. The van der Waals surface area contributed by atoms with Crippen LogP contribution >= 0.6 is 0 Å². The summed E-state index contributed by atoms with van der Waals surface area (Å²) in [5, 5.41) is 39.8. The number of hydrogen-bond donors (Lipinski definition) is 4. The summed E-state index contributed by atoms with van der Waals surface area (Å²) < 4.78 is 0. The molecule has 0 saturated heterocycles. The standard InChI is InChI=1S/C16H18O4/c1-16(15(20)10-17,11-6-2-4-8-13(11)18)12-7-3-5-9-14(12)19/h2-9,15,17-20H,10H2,1H3. The summed E-state index contributed by atoms with van der Waals surface area (Å²) in [7, 11) is 0. The Labute approximate surface area is 117 Å². The van der Waals surface area contributed by atoms with E-state index in [4.69, 9.17) is 0 Å². The minimum Gasteiger partial charge on any atom is -0.508 e. The van der Waals surface area contributed by atoms with Gasteiger partial charge in [0.1, 0.15) is 11.5 Å². The van der Waals surface area contributed by atoms with Crippen molar-refractivity contribution in [3.05, 3.63) is 59.7 Å². The van der Waals surface area contributed by atoms with Crippen molar-refractivity contribution < 1.29 is 20.4 Å². The first-order valence-corrected chi connectivity index (χ1v) is 6.37. The lowest BCUT2D eigenvalue weighted by molar-refractivity contribution is 0.0476. The second kappa shape index (κ2) is 5.53. The van der Waals surface area contributed by atoms with Crippen LogP contribution < -0.4 is 0 Å². The van der Waals surface area contributed by atoms with Gasteiger partial charge in [-0.15, -0.1) is 0 Å². The molecule has 0 fully saturated rings. The van der Waals surface area contributed by atoms with E-state index in [1.54, 1.807) is 43.3 Å². The van der Waals surface area contributed by atoms with Gasteiger partial charge in [-0.1, -0.05) is 36.4 Å². The number of benzene rings is 2. The fourth-order valence-electron chi connectivity index (χ4n) is 2.51. The van der Waals surface area contributed by atoms with Gasteiger partial charge in [0, 0.05) is 11.1 Å². The molecular formula is C16H18O4. The molecule has 0 heterocycles.